The number of ether oxygens (including phenoxy) is 3. The quantitative estimate of drug-likeness (QED) is 0.0195. The molecule has 7 unspecified atom stereocenters. The van der Waals surface area contributed by atoms with E-state index in [0.29, 0.717) is 19.4 Å². The molecule has 1 rings (SSSR count). The Morgan fingerprint density at radius 2 is 0.670 bits per heavy atom. The molecule has 1 heterocycles. The third kappa shape index (κ3) is 63.3. The maximum Gasteiger partial charge on any atom is 0.305 e. The summed E-state index contributed by atoms with van der Waals surface area (Å²) < 4.78 is 16.8. The number of hydrogen-bond acceptors (Lipinski definition) is 10. The number of carbonyl (C=O) groups is 2. The first-order valence-electron chi connectivity index (χ1n) is 42.8. The van der Waals surface area contributed by atoms with Gasteiger partial charge in [0.15, 0.2) is 6.29 Å². The van der Waals surface area contributed by atoms with Gasteiger partial charge in [0.1, 0.15) is 24.4 Å². The molecule has 0 aromatic carbocycles. The molecule has 0 aromatic heterocycles. The summed E-state index contributed by atoms with van der Waals surface area (Å²) in [6, 6.07) is -0.830. The molecule has 0 bridgehead atoms. The van der Waals surface area contributed by atoms with Crippen molar-refractivity contribution in [3.63, 3.8) is 0 Å². The Hall–Kier alpha value is -2.12. The van der Waals surface area contributed by atoms with Gasteiger partial charge in [-0.05, 0) is 57.8 Å². The van der Waals surface area contributed by atoms with E-state index in [2.05, 4.69) is 43.5 Å². The Morgan fingerprint density at radius 3 is 1.02 bits per heavy atom. The monoisotopic (exact) mass is 1370 g/mol. The van der Waals surface area contributed by atoms with Crippen LogP contribution in [0, 0.1) is 0 Å². The Bertz CT molecular complexity index is 1710. The molecule has 1 amide bonds. The van der Waals surface area contributed by atoms with Crippen molar-refractivity contribution in [2.24, 2.45) is 0 Å². The molecule has 11 nitrogen and oxygen atoms in total. The summed E-state index contributed by atoms with van der Waals surface area (Å²) in [6.45, 7) is 4.36. The second-order valence-electron chi connectivity index (χ2n) is 29.9. The van der Waals surface area contributed by atoms with Gasteiger partial charge >= 0.3 is 5.97 Å². The van der Waals surface area contributed by atoms with Gasteiger partial charge in [-0.15, -0.1) is 0 Å². The molecule has 572 valence electrons. The van der Waals surface area contributed by atoms with Crippen LogP contribution in [-0.4, -0.2) is 100 Å². The average molecular weight is 1370 g/mol. The summed E-state index contributed by atoms with van der Waals surface area (Å²) in [6.07, 6.45) is 89.3. The van der Waals surface area contributed by atoms with Gasteiger partial charge in [0, 0.05) is 12.8 Å². The number of esters is 1. The topological polar surface area (TPSA) is 175 Å². The molecule has 7 atom stereocenters. The van der Waals surface area contributed by atoms with Crippen LogP contribution in [0.2, 0.25) is 0 Å². The van der Waals surface area contributed by atoms with Gasteiger partial charge in [-0.3, -0.25) is 9.59 Å². The first-order valence-corrected chi connectivity index (χ1v) is 42.8. The minimum atomic E-state index is -1.58. The molecule has 0 spiro atoms. The Morgan fingerprint density at radius 1 is 0.371 bits per heavy atom. The van der Waals surface area contributed by atoms with Gasteiger partial charge < -0.3 is 45.1 Å². The SMILES string of the molecule is CCCCC/C=C/CC/C=C/CC/C=C/C(O)C(COC1OC(CO)C(O)C(O)C1O)NC(=O)CCCCCCCCCCCCCCCCCCCCCCCCCCCCCCCCCCCCCCCCCOC(=O)CCCCCCCCCCCCCCCCCCC. The second kappa shape index (κ2) is 75.1. The normalized spacial score (nSPS) is 17.4. The molecule has 0 radical (unpaired) electrons. The van der Waals surface area contributed by atoms with E-state index in [1.165, 1.54) is 347 Å². The van der Waals surface area contributed by atoms with Crippen molar-refractivity contribution in [2.75, 3.05) is 19.8 Å². The molecule has 6 N–H and O–H groups in total. The molecule has 1 aliphatic rings. The number of amides is 1. The summed E-state index contributed by atoms with van der Waals surface area (Å²) in [5.41, 5.74) is 0. The van der Waals surface area contributed by atoms with Gasteiger partial charge in [-0.2, -0.15) is 0 Å². The number of hydrogen-bond donors (Lipinski definition) is 6. The van der Waals surface area contributed by atoms with E-state index < -0.39 is 49.5 Å². The Kier molecular flexibility index (Phi) is 71.9. The molecule has 97 heavy (non-hydrogen) atoms. The van der Waals surface area contributed by atoms with Crippen molar-refractivity contribution in [3.05, 3.63) is 36.5 Å². The van der Waals surface area contributed by atoms with Crippen molar-refractivity contribution >= 4 is 11.9 Å². The number of carbonyl (C=O) groups excluding carboxylic acids is 2. The number of allylic oxidation sites excluding steroid dienone is 5. The van der Waals surface area contributed by atoms with Crippen LogP contribution in [0.25, 0.3) is 0 Å². The number of rotatable bonds is 77. The van der Waals surface area contributed by atoms with Crippen LogP contribution in [0.15, 0.2) is 36.5 Å². The van der Waals surface area contributed by atoms with Gasteiger partial charge in [-0.1, -0.05) is 403 Å². The summed E-state index contributed by atoms with van der Waals surface area (Å²) >= 11 is 0. The lowest BCUT2D eigenvalue weighted by atomic mass is 9.99. The molecule has 1 saturated heterocycles. The van der Waals surface area contributed by atoms with Crippen LogP contribution in [0.5, 0.6) is 0 Å². The molecule has 0 aromatic rings. The summed E-state index contributed by atoms with van der Waals surface area (Å²) in [5.74, 6) is -0.166. The fraction of sp³-hybridized carbons (Fsp3) is 0.907. The van der Waals surface area contributed by atoms with Gasteiger partial charge in [0.25, 0.3) is 0 Å². The van der Waals surface area contributed by atoms with Crippen molar-refractivity contribution in [3.8, 4) is 0 Å². The summed E-state index contributed by atoms with van der Waals surface area (Å²) in [4.78, 5) is 25.2. The molecule has 0 saturated carbocycles. The van der Waals surface area contributed by atoms with Crippen molar-refractivity contribution in [1.29, 1.82) is 0 Å². The fourth-order valence-electron chi connectivity index (χ4n) is 13.8. The van der Waals surface area contributed by atoms with Gasteiger partial charge in [0.05, 0.1) is 32.0 Å². The maximum atomic E-state index is 13.1. The van der Waals surface area contributed by atoms with E-state index in [1.54, 1.807) is 6.08 Å². The van der Waals surface area contributed by atoms with E-state index in [1.807, 2.05) is 6.08 Å². The molecular weight excluding hydrogens is 1210 g/mol. The minimum Gasteiger partial charge on any atom is -0.466 e. The highest BCUT2D eigenvalue weighted by atomic mass is 16.7. The highest BCUT2D eigenvalue weighted by Gasteiger charge is 2.44. The first-order chi connectivity index (χ1) is 47.7. The number of aliphatic hydroxyl groups excluding tert-OH is 5. The van der Waals surface area contributed by atoms with Crippen LogP contribution >= 0.6 is 0 Å². The van der Waals surface area contributed by atoms with Crippen molar-refractivity contribution in [2.45, 2.75) is 480 Å². The van der Waals surface area contributed by atoms with E-state index in [0.717, 1.165) is 64.2 Å². The minimum absolute atomic E-state index is 0.0230. The predicted octanol–water partition coefficient (Wildman–Crippen LogP) is 23.6. The van der Waals surface area contributed by atoms with Gasteiger partial charge in [-0.25, -0.2) is 0 Å². The zero-order valence-electron chi connectivity index (χ0n) is 64.1. The molecule has 1 fully saturated rings. The lowest BCUT2D eigenvalue weighted by molar-refractivity contribution is -0.302. The van der Waals surface area contributed by atoms with Crippen LogP contribution in [-0.2, 0) is 23.8 Å². The smallest absolute Gasteiger partial charge is 0.305 e. The fourth-order valence-corrected chi connectivity index (χ4v) is 13.8. The second-order valence-corrected chi connectivity index (χ2v) is 29.9. The lowest BCUT2D eigenvalue weighted by Crippen LogP contribution is -2.60. The van der Waals surface area contributed by atoms with Crippen LogP contribution < -0.4 is 5.32 Å². The van der Waals surface area contributed by atoms with Crippen molar-refractivity contribution in [1.82, 2.24) is 5.32 Å². The zero-order valence-corrected chi connectivity index (χ0v) is 64.1. The largest absolute Gasteiger partial charge is 0.466 e. The maximum absolute atomic E-state index is 13.1. The third-order valence-electron chi connectivity index (χ3n) is 20.5. The standard InChI is InChI=1S/C86H163NO10/c1-3-5-7-9-11-13-15-17-18-42-46-50-54-58-62-66-70-74-82(91)95-75-71-67-63-59-55-51-47-44-41-39-37-35-33-31-29-27-25-23-21-19-20-22-24-26-28-30-32-34-36-38-40-43-45-49-53-57-61-65-69-73-81(90)87-78(77-96-86-85(94)84(93)83(92)80(76-88)97-86)79(89)72-68-64-60-56-52-48-16-14-12-10-8-6-4-2/h12,14,52,56,68,72,78-80,83-86,88-89,92-94H,3-11,13,15-51,53-55,57-67,69-71,73-77H2,1-2H3,(H,87,90)/b14-12+,56-52+,72-68+. The number of unbranched alkanes of at least 4 members (excludes halogenated alkanes) is 59. The molecule has 11 heteroatoms. The number of nitrogens with one attached hydrogen (secondary N) is 1. The third-order valence-corrected chi connectivity index (χ3v) is 20.5. The van der Waals surface area contributed by atoms with E-state index >= 15 is 0 Å². The summed E-state index contributed by atoms with van der Waals surface area (Å²) in [7, 11) is 0. The average Bonchev–Trinajstić information content (AvgIpc) is 0.840. The first kappa shape index (κ1) is 92.9. The summed E-state index contributed by atoms with van der Waals surface area (Å²) in [5, 5.41) is 54.5. The van der Waals surface area contributed by atoms with Crippen LogP contribution in [0.1, 0.15) is 438 Å². The highest BCUT2D eigenvalue weighted by Crippen LogP contribution is 2.24. The molecule has 1 aliphatic heterocycles. The van der Waals surface area contributed by atoms with E-state index in [9.17, 15) is 35.1 Å². The van der Waals surface area contributed by atoms with E-state index in [-0.39, 0.29) is 18.5 Å². The highest BCUT2D eigenvalue weighted by molar-refractivity contribution is 5.76. The van der Waals surface area contributed by atoms with Crippen molar-refractivity contribution < 1.29 is 49.3 Å². The number of aliphatic hydroxyl groups is 5. The predicted molar refractivity (Wildman–Crippen MR) is 412 cm³/mol. The Balaban J connectivity index is 1.85. The van der Waals surface area contributed by atoms with E-state index in [4.69, 9.17) is 14.2 Å². The molecular formula is C86H163NO10. The Labute approximate surface area is 600 Å². The lowest BCUT2D eigenvalue weighted by Gasteiger charge is -2.40. The zero-order chi connectivity index (χ0) is 70.1. The van der Waals surface area contributed by atoms with Gasteiger partial charge in [0.2, 0.25) is 5.91 Å². The molecule has 0 aliphatic carbocycles. The van der Waals surface area contributed by atoms with Crippen LogP contribution in [0.4, 0.5) is 0 Å². The van der Waals surface area contributed by atoms with Crippen LogP contribution in [0.3, 0.4) is 0 Å².